The summed E-state index contributed by atoms with van der Waals surface area (Å²) in [7, 11) is 0. The summed E-state index contributed by atoms with van der Waals surface area (Å²) in [4.78, 5) is 61.9. The molecule has 0 saturated carbocycles. The molecule has 0 spiro atoms. The summed E-state index contributed by atoms with van der Waals surface area (Å²) in [6.07, 6.45) is 5.26. The lowest BCUT2D eigenvalue weighted by Crippen LogP contribution is -2.65. The number of piperazine rings is 2. The van der Waals surface area contributed by atoms with Gasteiger partial charge in [0.1, 0.15) is 11.5 Å². The highest BCUT2D eigenvalue weighted by Crippen LogP contribution is 2.29. The molecular weight excluding hydrogens is 670 g/mol. The van der Waals surface area contributed by atoms with Crippen LogP contribution in [0.4, 0.5) is 0 Å². The van der Waals surface area contributed by atoms with E-state index in [4.69, 9.17) is 0 Å². The largest absolute Gasteiger partial charge is 0.508 e. The van der Waals surface area contributed by atoms with Gasteiger partial charge < -0.3 is 30.2 Å². The van der Waals surface area contributed by atoms with E-state index in [1.807, 2.05) is 42.5 Å². The molecule has 6 rings (SSSR count). The van der Waals surface area contributed by atoms with Gasteiger partial charge in [0.15, 0.2) is 0 Å². The standard InChI is InChI=1S/C42H53N5O6/c1-3-9-33-24-43-39(50)40(51)46(33)27-34-12-8-21-44(34)26-35(22-29-13-17-37(48)18-14-29)47-28-36(23-30-15-19-38(49)20-16-30)45(41(52)42(47)53)25-31(4-2)32-10-6-5-7-11-32/h5-7,10-11,13-20,31,33-36,48-49H,3-4,8-9,12,21-28H2,1-2H3,(H,43,50)/t31?,33-,34+,35-,36+/m1/s1. The highest BCUT2D eigenvalue weighted by Gasteiger charge is 2.44. The quantitative estimate of drug-likeness (QED) is 0.202. The summed E-state index contributed by atoms with van der Waals surface area (Å²) >= 11 is 0. The van der Waals surface area contributed by atoms with Crippen molar-refractivity contribution in [1.82, 2.24) is 24.9 Å². The highest BCUT2D eigenvalue weighted by molar-refractivity contribution is 6.36. The summed E-state index contributed by atoms with van der Waals surface area (Å²) < 4.78 is 0. The number of amides is 4. The first-order valence-corrected chi connectivity index (χ1v) is 19.2. The number of phenolic OH excluding ortho intramolecular Hbond substituents is 2. The van der Waals surface area contributed by atoms with Gasteiger partial charge in [0.2, 0.25) is 0 Å². The van der Waals surface area contributed by atoms with Crippen molar-refractivity contribution in [3.05, 3.63) is 95.6 Å². The molecule has 11 nitrogen and oxygen atoms in total. The molecule has 0 bridgehead atoms. The molecule has 3 aliphatic rings. The molecule has 53 heavy (non-hydrogen) atoms. The van der Waals surface area contributed by atoms with Gasteiger partial charge in [0, 0.05) is 56.8 Å². The zero-order chi connectivity index (χ0) is 37.5. The van der Waals surface area contributed by atoms with Crippen molar-refractivity contribution in [2.24, 2.45) is 0 Å². The Morgan fingerprint density at radius 3 is 2.09 bits per heavy atom. The van der Waals surface area contributed by atoms with Gasteiger partial charge in [0.05, 0.1) is 6.04 Å². The summed E-state index contributed by atoms with van der Waals surface area (Å²) in [6, 6.07) is 23.4. The van der Waals surface area contributed by atoms with Crippen LogP contribution in [0.2, 0.25) is 0 Å². The summed E-state index contributed by atoms with van der Waals surface area (Å²) in [6.45, 7) is 7.07. The van der Waals surface area contributed by atoms with Crippen molar-refractivity contribution in [1.29, 1.82) is 0 Å². The maximum absolute atomic E-state index is 14.4. The van der Waals surface area contributed by atoms with Gasteiger partial charge in [-0.3, -0.25) is 24.1 Å². The van der Waals surface area contributed by atoms with Crippen molar-refractivity contribution in [3.8, 4) is 11.5 Å². The summed E-state index contributed by atoms with van der Waals surface area (Å²) in [5, 5.41) is 22.8. The predicted octanol–water partition coefficient (Wildman–Crippen LogP) is 4.08. The van der Waals surface area contributed by atoms with Crippen molar-refractivity contribution >= 4 is 23.6 Å². The number of nitrogens with one attached hydrogen (secondary N) is 1. The molecular formula is C42H53N5O6. The van der Waals surface area contributed by atoms with Crippen molar-refractivity contribution in [2.75, 3.05) is 39.3 Å². The molecule has 3 saturated heterocycles. The van der Waals surface area contributed by atoms with Crippen LogP contribution in [0.3, 0.4) is 0 Å². The number of rotatable bonds is 15. The number of hydrogen-bond acceptors (Lipinski definition) is 7. The lowest BCUT2D eigenvalue weighted by Gasteiger charge is -2.46. The third-order valence-electron chi connectivity index (χ3n) is 11.4. The first-order valence-electron chi connectivity index (χ1n) is 19.2. The van der Waals surface area contributed by atoms with E-state index in [2.05, 4.69) is 36.2 Å². The minimum atomic E-state index is -0.564. The third-order valence-corrected chi connectivity index (χ3v) is 11.4. The molecule has 282 valence electrons. The second kappa shape index (κ2) is 17.3. The van der Waals surface area contributed by atoms with E-state index in [0.29, 0.717) is 45.6 Å². The van der Waals surface area contributed by atoms with Crippen LogP contribution in [0, 0.1) is 0 Å². The van der Waals surface area contributed by atoms with Gasteiger partial charge in [-0.2, -0.15) is 0 Å². The van der Waals surface area contributed by atoms with Gasteiger partial charge >= 0.3 is 23.6 Å². The smallest absolute Gasteiger partial charge is 0.312 e. The zero-order valence-corrected chi connectivity index (χ0v) is 30.9. The number of carbonyl (C=O) groups excluding carboxylic acids is 4. The molecule has 3 aromatic carbocycles. The van der Waals surface area contributed by atoms with Crippen molar-refractivity contribution in [2.45, 2.75) is 88.9 Å². The Bertz CT molecular complexity index is 1720. The van der Waals surface area contributed by atoms with Crippen LogP contribution in [0.5, 0.6) is 11.5 Å². The molecule has 3 fully saturated rings. The fourth-order valence-electron chi connectivity index (χ4n) is 8.41. The zero-order valence-electron chi connectivity index (χ0n) is 30.9. The maximum Gasteiger partial charge on any atom is 0.312 e. The summed E-state index contributed by atoms with van der Waals surface area (Å²) in [5.41, 5.74) is 3.01. The van der Waals surface area contributed by atoms with Crippen LogP contribution in [0.15, 0.2) is 78.9 Å². The Morgan fingerprint density at radius 2 is 1.43 bits per heavy atom. The molecule has 1 unspecified atom stereocenters. The average Bonchev–Trinajstić information content (AvgIpc) is 3.60. The molecule has 11 heteroatoms. The Hall–Kier alpha value is -4.90. The van der Waals surface area contributed by atoms with Crippen LogP contribution in [0.25, 0.3) is 0 Å². The Labute approximate surface area is 312 Å². The fraction of sp³-hybridized carbons (Fsp3) is 0.476. The van der Waals surface area contributed by atoms with E-state index in [0.717, 1.165) is 55.3 Å². The van der Waals surface area contributed by atoms with E-state index < -0.39 is 23.6 Å². The molecule has 3 heterocycles. The first-order chi connectivity index (χ1) is 25.6. The normalized spacial score (nSPS) is 22.3. The number of nitrogens with zero attached hydrogens (tertiary/aromatic N) is 4. The second-order valence-corrected chi connectivity index (χ2v) is 14.9. The van der Waals surface area contributed by atoms with E-state index in [1.165, 1.54) is 0 Å². The van der Waals surface area contributed by atoms with Crippen molar-refractivity contribution < 1.29 is 29.4 Å². The Balaban J connectivity index is 1.29. The number of phenols is 2. The van der Waals surface area contributed by atoms with E-state index in [-0.39, 0.29) is 41.6 Å². The predicted molar refractivity (Wildman–Crippen MR) is 202 cm³/mol. The molecule has 0 radical (unpaired) electrons. The number of carbonyl (C=O) groups is 4. The SMILES string of the molecule is CCC[C@@H]1CNC(=O)C(=O)N1C[C@@H]1CCCN1C[C@@H](Cc1ccc(O)cc1)N1C[C@H](Cc2ccc(O)cc2)N(CC(CC)c2ccccc2)C(=O)C1=O. The summed E-state index contributed by atoms with van der Waals surface area (Å²) in [5.74, 6) is -1.73. The lowest BCUT2D eigenvalue weighted by molar-refractivity contribution is -0.161. The van der Waals surface area contributed by atoms with E-state index in [9.17, 15) is 29.4 Å². The van der Waals surface area contributed by atoms with E-state index in [1.54, 1.807) is 39.0 Å². The Morgan fingerprint density at radius 1 is 0.755 bits per heavy atom. The number of benzene rings is 3. The monoisotopic (exact) mass is 723 g/mol. The van der Waals surface area contributed by atoms with Gasteiger partial charge in [-0.15, -0.1) is 0 Å². The van der Waals surface area contributed by atoms with Crippen LogP contribution in [0.1, 0.15) is 68.6 Å². The van der Waals surface area contributed by atoms with Crippen LogP contribution in [-0.4, -0.2) is 117 Å². The Kier molecular flexibility index (Phi) is 12.3. The first kappa shape index (κ1) is 37.8. The van der Waals surface area contributed by atoms with Gasteiger partial charge in [-0.05, 0) is 86.0 Å². The second-order valence-electron chi connectivity index (χ2n) is 14.9. The lowest BCUT2D eigenvalue weighted by atomic mass is 9.92. The molecule has 4 amide bonds. The van der Waals surface area contributed by atoms with Gasteiger partial charge in [0.25, 0.3) is 0 Å². The average molecular weight is 724 g/mol. The number of likely N-dealkylation sites (tertiary alicyclic amines) is 1. The molecule has 5 atom stereocenters. The van der Waals surface area contributed by atoms with Crippen LogP contribution in [-0.2, 0) is 32.0 Å². The van der Waals surface area contributed by atoms with Crippen LogP contribution >= 0.6 is 0 Å². The molecule has 0 aliphatic carbocycles. The third kappa shape index (κ3) is 9.01. The number of hydrogen-bond donors (Lipinski definition) is 3. The van der Waals surface area contributed by atoms with Gasteiger partial charge in [-0.25, -0.2) is 0 Å². The minimum absolute atomic E-state index is 0.00240. The molecule has 3 N–H and O–H groups in total. The van der Waals surface area contributed by atoms with E-state index >= 15 is 0 Å². The van der Waals surface area contributed by atoms with Crippen LogP contribution < -0.4 is 5.32 Å². The molecule has 3 aromatic rings. The topological polar surface area (TPSA) is 134 Å². The highest BCUT2D eigenvalue weighted by atomic mass is 16.3. The maximum atomic E-state index is 14.4. The fourth-order valence-corrected chi connectivity index (χ4v) is 8.41. The minimum Gasteiger partial charge on any atom is -0.508 e. The van der Waals surface area contributed by atoms with Crippen molar-refractivity contribution in [3.63, 3.8) is 0 Å². The molecule has 3 aliphatic heterocycles. The van der Waals surface area contributed by atoms with Gasteiger partial charge in [-0.1, -0.05) is 74.9 Å². The number of aromatic hydroxyl groups is 2. The molecule has 0 aromatic heterocycles.